The summed E-state index contributed by atoms with van der Waals surface area (Å²) in [6, 6.07) is 3.72. The first-order chi connectivity index (χ1) is 7.07. The molecule has 1 heterocycles. The maximum Gasteiger partial charge on any atom is 0.396 e. The van der Waals surface area contributed by atoms with Crippen LogP contribution in [-0.4, -0.2) is 30.9 Å². The van der Waals surface area contributed by atoms with Gasteiger partial charge in [0.15, 0.2) is 0 Å². The zero-order valence-corrected chi connectivity index (χ0v) is 9.71. The van der Waals surface area contributed by atoms with Gasteiger partial charge in [0.25, 0.3) is 0 Å². The fourth-order valence-corrected chi connectivity index (χ4v) is 1.95. The molecule has 0 N–H and O–H groups in total. The van der Waals surface area contributed by atoms with Crippen LogP contribution in [0.4, 0.5) is 0 Å². The van der Waals surface area contributed by atoms with E-state index in [9.17, 15) is 9.59 Å². The highest BCUT2D eigenvalue weighted by Crippen LogP contribution is 2.23. The van der Waals surface area contributed by atoms with Crippen molar-refractivity contribution in [3.63, 3.8) is 0 Å². The van der Waals surface area contributed by atoms with Crippen LogP contribution in [0, 0.1) is 0 Å². The van der Waals surface area contributed by atoms with Gasteiger partial charge in [-0.15, -0.1) is 11.3 Å². The molecule has 0 aromatic carbocycles. The maximum atomic E-state index is 11.5. The molecule has 1 rings (SSSR count). The Bertz CT molecular complexity index is 348. The van der Waals surface area contributed by atoms with E-state index in [2.05, 4.69) is 4.74 Å². The Morgan fingerprint density at radius 3 is 2.67 bits per heavy atom. The van der Waals surface area contributed by atoms with Crippen molar-refractivity contribution in [3.8, 4) is 0 Å². The minimum atomic E-state index is -0.832. The molecule has 0 radical (unpaired) electrons. The summed E-state index contributed by atoms with van der Waals surface area (Å²) >= 11 is 1.55. The number of likely N-dealkylation sites (N-methyl/N-ethyl adjacent to an activating group) is 1. The number of hydrogen-bond acceptors (Lipinski definition) is 4. The molecule has 0 aliphatic carbocycles. The van der Waals surface area contributed by atoms with Crippen molar-refractivity contribution in [2.24, 2.45) is 0 Å². The first kappa shape index (κ1) is 11.7. The van der Waals surface area contributed by atoms with Gasteiger partial charge in [0.1, 0.15) is 0 Å². The van der Waals surface area contributed by atoms with E-state index >= 15 is 0 Å². The third kappa shape index (κ3) is 2.56. The summed E-state index contributed by atoms with van der Waals surface area (Å²) < 4.78 is 4.37. The minimum absolute atomic E-state index is 0.114. The van der Waals surface area contributed by atoms with Crippen LogP contribution in [-0.2, 0) is 14.3 Å². The Morgan fingerprint density at radius 2 is 2.20 bits per heavy atom. The molecule has 1 amide bonds. The quantitative estimate of drug-likeness (QED) is 0.567. The third-order valence-electron chi connectivity index (χ3n) is 2.22. The number of hydrogen-bond donors (Lipinski definition) is 0. The predicted molar refractivity (Wildman–Crippen MR) is 57.5 cm³/mol. The SMILES string of the molecule is COC(=O)C(=O)N(C)C(C)c1cccs1. The van der Waals surface area contributed by atoms with E-state index in [1.807, 2.05) is 24.4 Å². The molecule has 0 saturated carbocycles. The highest BCUT2D eigenvalue weighted by molar-refractivity contribution is 7.10. The summed E-state index contributed by atoms with van der Waals surface area (Å²) in [5.41, 5.74) is 0. The van der Waals surface area contributed by atoms with Gasteiger partial charge in [0, 0.05) is 11.9 Å². The number of esters is 1. The molecule has 0 bridgehead atoms. The van der Waals surface area contributed by atoms with Gasteiger partial charge in [-0.1, -0.05) is 6.07 Å². The molecule has 1 aromatic rings. The van der Waals surface area contributed by atoms with Crippen LogP contribution in [0.3, 0.4) is 0 Å². The fraction of sp³-hybridized carbons (Fsp3) is 0.400. The van der Waals surface area contributed by atoms with Crippen LogP contribution < -0.4 is 0 Å². The second kappa shape index (κ2) is 4.93. The molecular weight excluding hydrogens is 214 g/mol. The van der Waals surface area contributed by atoms with Gasteiger partial charge in [-0.3, -0.25) is 4.79 Å². The predicted octanol–water partition coefficient (Wildman–Crippen LogP) is 1.44. The van der Waals surface area contributed by atoms with E-state index < -0.39 is 11.9 Å². The van der Waals surface area contributed by atoms with Crippen molar-refractivity contribution in [2.45, 2.75) is 13.0 Å². The monoisotopic (exact) mass is 227 g/mol. The zero-order valence-electron chi connectivity index (χ0n) is 8.89. The van der Waals surface area contributed by atoms with Crippen molar-refractivity contribution in [2.75, 3.05) is 14.2 Å². The van der Waals surface area contributed by atoms with Gasteiger partial charge >= 0.3 is 11.9 Å². The Hall–Kier alpha value is -1.36. The first-order valence-electron chi connectivity index (χ1n) is 4.46. The maximum absolute atomic E-state index is 11.5. The van der Waals surface area contributed by atoms with E-state index in [1.54, 1.807) is 18.4 Å². The van der Waals surface area contributed by atoms with Gasteiger partial charge in [-0.2, -0.15) is 0 Å². The topological polar surface area (TPSA) is 46.6 Å². The van der Waals surface area contributed by atoms with Crippen molar-refractivity contribution in [1.29, 1.82) is 0 Å². The molecule has 0 spiro atoms. The average molecular weight is 227 g/mol. The van der Waals surface area contributed by atoms with Crippen LogP contribution in [0.15, 0.2) is 17.5 Å². The van der Waals surface area contributed by atoms with Gasteiger partial charge in [-0.05, 0) is 18.4 Å². The molecule has 1 unspecified atom stereocenters. The minimum Gasteiger partial charge on any atom is -0.462 e. The van der Waals surface area contributed by atoms with Crippen molar-refractivity contribution in [1.82, 2.24) is 4.90 Å². The highest BCUT2D eigenvalue weighted by atomic mass is 32.1. The molecule has 82 valence electrons. The van der Waals surface area contributed by atoms with Crippen LogP contribution in [0.25, 0.3) is 0 Å². The lowest BCUT2D eigenvalue weighted by Gasteiger charge is -2.22. The largest absolute Gasteiger partial charge is 0.462 e. The molecule has 5 heteroatoms. The molecule has 0 saturated heterocycles. The van der Waals surface area contributed by atoms with Crippen LogP contribution in [0.5, 0.6) is 0 Å². The first-order valence-corrected chi connectivity index (χ1v) is 5.34. The molecular formula is C10H13NO3S. The Balaban J connectivity index is 2.72. The van der Waals surface area contributed by atoms with Crippen LogP contribution in [0.1, 0.15) is 17.8 Å². The molecule has 4 nitrogen and oxygen atoms in total. The fourth-order valence-electron chi connectivity index (χ4n) is 1.13. The number of rotatable bonds is 2. The van der Waals surface area contributed by atoms with Crippen molar-refractivity contribution >= 4 is 23.2 Å². The molecule has 0 aliphatic heterocycles. The van der Waals surface area contributed by atoms with Gasteiger partial charge in [0.05, 0.1) is 13.2 Å². The molecule has 0 fully saturated rings. The van der Waals surface area contributed by atoms with E-state index in [0.29, 0.717) is 0 Å². The second-order valence-corrected chi connectivity index (χ2v) is 4.08. The number of amides is 1. The number of methoxy groups -OCH3 is 1. The summed E-state index contributed by atoms with van der Waals surface area (Å²) in [6.45, 7) is 1.87. The molecule has 1 atom stereocenters. The lowest BCUT2D eigenvalue weighted by molar-refractivity contribution is -0.158. The standard InChI is InChI=1S/C10H13NO3S/c1-7(8-5-4-6-15-8)11(2)9(12)10(13)14-3/h4-7H,1-3H3. The van der Waals surface area contributed by atoms with Crippen molar-refractivity contribution in [3.05, 3.63) is 22.4 Å². The molecule has 15 heavy (non-hydrogen) atoms. The summed E-state index contributed by atoms with van der Waals surface area (Å²) in [6.07, 6.45) is 0. The number of thiophene rings is 1. The average Bonchev–Trinajstić information content (AvgIpc) is 2.78. The van der Waals surface area contributed by atoms with E-state index in [1.165, 1.54) is 12.0 Å². The van der Waals surface area contributed by atoms with E-state index in [-0.39, 0.29) is 6.04 Å². The van der Waals surface area contributed by atoms with Gasteiger partial charge in [0.2, 0.25) is 0 Å². The Morgan fingerprint density at radius 1 is 1.53 bits per heavy atom. The number of carbonyl (C=O) groups is 2. The summed E-state index contributed by atoms with van der Waals surface area (Å²) in [5.74, 6) is -1.46. The smallest absolute Gasteiger partial charge is 0.396 e. The zero-order chi connectivity index (χ0) is 11.4. The van der Waals surface area contributed by atoms with Crippen LogP contribution in [0.2, 0.25) is 0 Å². The van der Waals surface area contributed by atoms with Crippen LogP contribution >= 0.6 is 11.3 Å². The van der Waals surface area contributed by atoms with Crippen molar-refractivity contribution < 1.29 is 14.3 Å². The number of nitrogens with zero attached hydrogens (tertiary/aromatic N) is 1. The lowest BCUT2D eigenvalue weighted by Crippen LogP contribution is -2.35. The number of ether oxygens (including phenoxy) is 1. The summed E-state index contributed by atoms with van der Waals surface area (Å²) in [4.78, 5) is 24.9. The van der Waals surface area contributed by atoms with Gasteiger partial charge < -0.3 is 9.64 Å². The molecule has 0 aliphatic rings. The second-order valence-electron chi connectivity index (χ2n) is 3.10. The highest BCUT2D eigenvalue weighted by Gasteiger charge is 2.24. The normalized spacial score (nSPS) is 11.9. The van der Waals surface area contributed by atoms with Gasteiger partial charge in [-0.25, -0.2) is 4.79 Å². The Kier molecular flexibility index (Phi) is 3.85. The number of carbonyl (C=O) groups excluding carboxylic acids is 2. The van der Waals surface area contributed by atoms with E-state index in [0.717, 1.165) is 4.88 Å². The lowest BCUT2D eigenvalue weighted by atomic mass is 10.2. The summed E-state index contributed by atoms with van der Waals surface area (Å²) in [5, 5.41) is 1.93. The Labute approximate surface area is 92.5 Å². The molecule has 1 aromatic heterocycles. The third-order valence-corrected chi connectivity index (χ3v) is 3.26. The summed E-state index contributed by atoms with van der Waals surface area (Å²) in [7, 11) is 2.79. The van der Waals surface area contributed by atoms with E-state index in [4.69, 9.17) is 0 Å².